The standard InChI is InChI=1S/C16H15N3O2/c1-2-8-16(11-17,12-18)14(13-6-4-3-5-7-13)19-9-10-21-15(19)20/h2-7,14H,1,8-10H2. The van der Waals surface area contributed by atoms with Crippen molar-refractivity contribution in [1.29, 1.82) is 10.5 Å². The molecule has 0 aromatic heterocycles. The van der Waals surface area contributed by atoms with E-state index in [0.29, 0.717) is 6.54 Å². The maximum Gasteiger partial charge on any atom is 0.410 e. The molecule has 1 fully saturated rings. The Morgan fingerprint density at radius 1 is 1.38 bits per heavy atom. The molecule has 0 radical (unpaired) electrons. The number of hydrogen-bond donors (Lipinski definition) is 0. The van der Waals surface area contributed by atoms with Gasteiger partial charge in [-0.25, -0.2) is 4.79 Å². The summed E-state index contributed by atoms with van der Waals surface area (Å²) in [6, 6.07) is 12.6. The molecular weight excluding hydrogens is 266 g/mol. The van der Waals surface area contributed by atoms with Crippen LogP contribution in [0.4, 0.5) is 4.79 Å². The van der Waals surface area contributed by atoms with Gasteiger partial charge in [0.1, 0.15) is 6.61 Å². The smallest absolute Gasteiger partial charge is 0.410 e. The molecular formula is C16H15N3O2. The van der Waals surface area contributed by atoms with E-state index in [0.717, 1.165) is 5.56 Å². The van der Waals surface area contributed by atoms with Crippen molar-refractivity contribution in [1.82, 2.24) is 4.90 Å². The fraction of sp³-hybridized carbons (Fsp3) is 0.312. The molecule has 21 heavy (non-hydrogen) atoms. The minimum atomic E-state index is -1.38. The third kappa shape index (κ3) is 2.59. The molecule has 1 heterocycles. The van der Waals surface area contributed by atoms with Crippen LogP contribution in [-0.4, -0.2) is 24.1 Å². The lowest BCUT2D eigenvalue weighted by molar-refractivity contribution is 0.130. The monoisotopic (exact) mass is 281 g/mol. The van der Waals surface area contributed by atoms with Crippen molar-refractivity contribution < 1.29 is 9.53 Å². The minimum Gasteiger partial charge on any atom is -0.448 e. The van der Waals surface area contributed by atoms with Crippen LogP contribution in [0.5, 0.6) is 0 Å². The van der Waals surface area contributed by atoms with E-state index in [-0.39, 0.29) is 13.0 Å². The second-order valence-corrected chi connectivity index (χ2v) is 4.81. The van der Waals surface area contributed by atoms with Crippen LogP contribution >= 0.6 is 0 Å². The molecule has 0 spiro atoms. The van der Waals surface area contributed by atoms with E-state index in [4.69, 9.17) is 4.74 Å². The molecule has 2 rings (SSSR count). The van der Waals surface area contributed by atoms with Crippen molar-refractivity contribution >= 4 is 6.09 Å². The molecule has 1 aliphatic rings. The molecule has 1 amide bonds. The average molecular weight is 281 g/mol. The summed E-state index contributed by atoms with van der Waals surface area (Å²) in [5, 5.41) is 19.2. The lowest BCUT2D eigenvalue weighted by Crippen LogP contribution is -2.40. The number of ether oxygens (including phenoxy) is 1. The van der Waals surface area contributed by atoms with Crippen molar-refractivity contribution in [3.63, 3.8) is 0 Å². The first-order valence-corrected chi connectivity index (χ1v) is 6.60. The number of cyclic esters (lactones) is 1. The van der Waals surface area contributed by atoms with Crippen LogP contribution in [0.2, 0.25) is 0 Å². The highest BCUT2D eigenvalue weighted by atomic mass is 16.6. The van der Waals surface area contributed by atoms with Crippen molar-refractivity contribution in [2.24, 2.45) is 5.41 Å². The first-order valence-electron chi connectivity index (χ1n) is 6.60. The molecule has 106 valence electrons. The fourth-order valence-electron chi connectivity index (χ4n) is 2.58. The van der Waals surface area contributed by atoms with E-state index in [1.165, 1.54) is 11.0 Å². The van der Waals surface area contributed by atoms with Gasteiger partial charge in [0.15, 0.2) is 5.41 Å². The predicted octanol–water partition coefficient (Wildman–Crippen LogP) is 2.79. The quantitative estimate of drug-likeness (QED) is 0.777. The Labute approximate surface area is 123 Å². The molecule has 0 bridgehead atoms. The zero-order valence-electron chi connectivity index (χ0n) is 11.5. The van der Waals surface area contributed by atoms with E-state index in [1.807, 2.05) is 30.3 Å². The number of hydrogen-bond acceptors (Lipinski definition) is 4. The van der Waals surface area contributed by atoms with Crippen LogP contribution in [0.25, 0.3) is 0 Å². The molecule has 1 atom stereocenters. The van der Waals surface area contributed by atoms with Gasteiger partial charge in [0.2, 0.25) is 0 Å². The number of carbonyl (C=O) groups excluding carboxylic acids is 1. The first-order chi connectivity index (χ1) is 10.2. The molecule has 1 aromatic carbocycles. The first kappa shape index (κ1) is 14.6. The number of rotatable bonds is 5. The molecule has 0 aliphatic carbocycles. The Kier molecular flexibility index (Phi) is 4.25. The molecule has 5 heteroatoms. The number of benzene rings is 1. The van der Waals surface area contributed by atoms with Crippen molar-refractivity contribution in [3.8, 4) is 12.1 Å². The van der Waals surface area contributed by atoms with Crippen molar-refractivity contribution in [2.45, 2.75) is 12.5 Å². The largest absolute Gasteiger partial charge is 0.448 e. The summed E-state index contributed by atoms with van der Waals surface area (Å²) < 4.78 is 4.97. The van der Waals surface area contributed by atoms with Crippen LogP contribution in [0.3, 0.4) is 0 Å². The van der Waals surface area contributed by atoms with Crippen molar-refractivity contribution in [3.05, 3.63) is 48.6 Å². The molecule has 1 unspecified atom stereocenters. The zero-order chi connectivity index (χ0) is 15.3. The third-order valence-corrected chi connectivity index (χ3v) is 3.55. The number of carbonyl (C=O) groups is 1. The van der Waals surface area contributed by atoms with Gasteiger partial charge in [-0.15, -0.1) is 6.58 Å². The molecule has 1 saturated heterocycles. The van der Waals surface area contributed by atoms with Gasteiger partial charge in [-0.1, -0.05) is 36.4 Å². The van der Waals surface area contributed by atoms with Gasteiger partial charge in [0, 0.05) is 0 Å². The van der Waals surface area contributed by atoms with Gasteiger partial charge in [0.05, 0.1) is 24.7 Å². The van der Waals surface area contributed by atoms with Crippen LogP contribution in [0, 0.1) is 28.1 Å². The SMILES string of the molecule is C=CCC(C#N)(C#N)C(c1ccccc1)N1CCOC1=O. The molecule has 1 aromatic rings. The maximum atomic E-state index is 11.9. The summed E-state index contributed by atoms with van der Waals surface area (Å²) >= 11 is 0. The lowest BCUT2D eigenvalue weighted by Gasteiger charge is -2.34. The Morgan fingerprint density at radius 3 is 2.52 bits per heavy atom. The van der Waals surface area contributed by atoms with E-state index in [2.05, 4.69) is 18.7 Å². The number of amides is 1. The van der Waals surface area contributed by atoms with Crippen LogP contribution in [0.1, 0.15) is 18.0 Å². The highest BCUT2D eigenvalue weighted by molar-refractivity contribution is 5.70. The Bertz CT molecular complexity index is 599. The maximum absolute atomic E-state index is 11.9. The third-order valence-electron chi connectivity index (χ3n) is 3.55. The number of allylic oxidation sites excluding steroid dienone is 1. The van der Waals surface area contributed by atoms with Gasteiger partial charge in [0.25, 0.3) is 0 Å². The topological polar surface area (TPSA) is 77.1 Å². The van der Waals surface area contributed by atoms with E-state index in [1.54, 1.807) is 0 Å². The normalized spacial score (nSPS) is 15.7. The average Bonchev–Trinajstić information content (AvgIpc) is 2.93. The summed E-state index contributed by atoms with van der Waals surface area (Å²) in [7, 11) is 0. The van der Waals surface area contributed by atoms with Crippen LogP contribution in [-0.2, 0) is 4.74 Å². The molecule has 1 aliphatic heterocycles. The van der Waals surface area contributed by atoms with Gasteiger partial charge >= 0.3 is 6.09 Å². The summed E-state index contributed by atoms with van der Waals surface area (Å²) in [6.45, 7) is 4.26. The van der Waals surface area contributed by atoms with Crippen molar-refractivity contribution in [2.75, 3.05) is 13.2 Å². The van der Waals surface area contributed by atoms with Gasteiger partial charge in [-0.05, 0) is 12.0 Å². The fourth-order valence-corrected chi connectivity index (χ4v) is 2.58. The Balaban J connectivity index is 2.55. The van der Waals surface area contributed by atoms with E-state index >= 15 is 0 Å². The van der Waals surface area contributed by atoms with E-state index in [9.17, 15) is 15.3 Å². The minimum absolute atomic E-state index is 0.170. The lowest BCUT2D eigenvalue weighted by atomic mass is 9.76. The molecule has 0 N–H and O–H groups in total. The number of nitriles is 2. The summed E-state index contributed by atoms with van der Waals surface area (Å²) in [5.41, 5.74) is -0.645. The highest BCUT2D eigenvalue weighted by Gasteiger charge is 2.47. The van der Waals surface area contributed by atoms with Gasteiger partial charge in [-0.3, -0.25) is 4.90 Å². The van der Waals surface area contributed by atoms with E-state index < -0.39 is 17.6 Å². The highest BCUT2D eigenvalue weighted by Crippen LogP contribution is 2.42. The van der Waals surface area contributed by atoms with Gasteiger partial charge < -0.3 is 4.74 Å². The summed E-state index contributed by atoms with van der Waals surface area (Å²) in [4.78, 5) is 13.4. The molecule has 5 nitrogen and oxygen atoms in total. The second kappa shape index (κ2) is 6.11. The van der Waals surface area contributed by atoms with Crippen LogP contribution in [0.15, 0.2) is 43.0 Å². The zero-order valence-corrected chi connectivity index (χ0v) is 11.5. The Morgan fingerprint density at radius 2 is 2.05 bits per heavy atom. The summed E-state index contributed by atoms with van der Waals surface area (Å²) in [5.74, 6) is 0. The van der Waals surface area contributed by atoms with Crippen LogP contribution < -0.4 is 0 Å². The summed E-state index contributed by atoms with van der Waals surface area (Å²) in [6.07, 6.45) is 1.20. The second-order valence-electron chi connectivity index (χ2n) is 4.81. The molecule has 0 saturated carbocycles. The number of nitrogens with zero attached hydrogens (tertiary/aromatic N) is 3. The predicted molar refractivity (Wildman–Crippen MR) is 75.7 cm³/mol. The van der Waals surface area contributed by atoms with Gasteiger partial charge in [-0.2, -0.15) is 10.5 Å². The Hall–Kier alpha value is -2.79.